The molecule has 0 saturated carbocycles. The Kier molecular flexibility index (Phi) is 8.39. The molecule has 0 radical (unpaired) electrons. The van der Waals surface area contributed by atoms with Gasteiger partial charge in [-0.1, -0.05) is 57.0 Å². The molecular weight excluding hydrogens is 420 g/mol. The molecule has 1 amide bonds. The van der Waals surface area contributed by atoms with Crippen molar-refractivity contribution in [1.82, 2.24) is 4.90 Å². The van der Waals surface area contributed by atoms with Gasteiger partial charge in [0.05, 0.1) is 24.3 Å². The third kappa shape index (κ3) is 5.94. The number of benzene rings is 2. The molecule has 2 aromatic rings. The van der Waals surface area contributed by atoms with Gasteiger partial charge in [0, 0.05) is 12.1 Å². The molecule has 2 aromatic carbocycles. The van der Waals surface area contributed by atoms with Crippen LogP contribution in [0.25, 0.3) is 6.08 Å². The summed E-state index contributed by atoms with van der Waals surface area (Å²) in [6.45, 7) is 9.59. The smallest absolute Gasteiger partial charge is 0.266 e. The highest BCUT2D eigenvalue weighted by atomic mass is 32.2. The van der Waals surface area contributed by atoms with E-state index in [1.807, 2.05) is 55.5 Å². The zero-order valence-electron chi connectivity index (χ0n) is 19.6. The molecule has 32 heavy (non-hydrogen) atoms. The van der Waals surface area contributed by atoms with Crippen LogP contribution in [0.1, 0.15) is 44.7 Å². The van der Waals surface area contributed by atoms with Crippen LogP contribution in [0.15, 0.2) is 52.4 Å². The zero-order valence-corrected chi connectivity index (χ0v) is 20.4. The molecule has 170 valence electrons. The van der Waals surface area contributed by atoms with Crippen LogP contribution in [0.3, 0.4) is 0 Å². The fraction of sp³-hybridized carbons (Fsp3) is 0.385. The highest BCUT2D eigenvalue weighted by Crippen LogP contribution is 2.38. The summed E-state index contributed by atoms with van der Waals surface area (Å²) in [4.78, 5) is 20.5. The first-order chi connectivity index (χ1) is 15.4. The van der Waals surface area contributed by atoms with E-state index < -0.39 is 0 Å². The van der Waals surface area contributed by atoms with Crippen molar-refractivity contribution in [2.75, 3.05) is 20.3 Å². The predicted molar refractivity (Wildman–Crippen MR) is 134 cm³/mol. The molecule has 0 atom stereocenters. The van der Waals surface area contributed by atoms with Crippen molar-refractivity contribution in [2.45, 2.75) is 40.5 Å². The Morgan fingerprint density at radius 3 is 2.56 bits per heavy atom. The summed E-state index contributed by atoms with van der Waals surface area (Å²) in [5.74, 6) is 1.67. The maximum atomic E-state index is 13.3. The molecule has 0 unspecified atom stereocenters. The number of amides is 1. The first kappa shape index (κ1) is 23.9. The number of unbranched alkanes of at least 4 members (excludes halogenated alkanes) is 1. The van der Waals surface area contributed by atoms with Gasteiger partial charge in [0.1, 0.15) is 0 Å². The molecule has 0 N–H and O–H groups in total. The number of methoxy groups -OCH3 is 1. The summed E-state index contributed by atoms with van der Waals surface area (Å²) in [6.07, 6.45) is 3.82. The zero-order chi connectivity index (χ0) is 23.1. The number of hydrogen-bond acceptors (Lipinski definition) is 5. The van der Waals surface area contributed by atoms with E-state index in [9.17, 15) is 4.79 Å². The fourth-order valence-corrected chi connectivity index (χ4v) is 4.20. The standard InChI is InChI=1S/C26H32N2O3S/c1-6-7-15-28-25(29)23(32-26(28)27-21-13-11-19(4)12-14-21)16-20-9-8-10-22(30-5)24(20)31-17-18(2)3/h8-14,16,18H,6-7,15,17H2,1-5H3/b23-16+,27-26?. The summed E-state index contributed by atoms with van der Waals surface area (Å²) in [5, 5.41) is 0.714. The van der Waals surface area contributed by atoms with Crippen LogP contribution in [0.2, 0.25) is 0 Å². The SMILES string of the molecule is CCCCN1C(=O)/C(=C\c2cccc(OC)c2OCC(C)C)SC1=Nc1ccc(C)cc1. The molecule has 5 nitrogen and oxygen atoms in total. The number of aliphatic imine (C=N–C) groups is 1. The van der Waals surface area contributed by atoms with Crippen LogP contribution in [-0.2, 0) is 4.79 Å². The molecular formula is C26H32N2O3S. The topological polar surface area (TPSA) is 51.1 Å². The highest BCUT2D eigenvalue weighted by molar-refractivity contribution is 8.18. The summed E-state index contributed by atoms with van der Waals surface area (Å²) < 4.78 is 11.6. The second kappa shape index (κ2) is 11.2. The van der Waals surface area contributed by atoms with Gasteiger partial charge in [-0.05, 0) is 55.3 Å². The maximum absolute atomic E-state index is 13.3. The first-order valence-corrected chi connectivity index (χ1v) is 11.9. The van der Waals surface area contributed by atoms with Gasteiger partial charge in [0.15, 0.2) is 16.7 Å². The van der Waals surface area contributed by atoms with E-state index in [0.717, 1.165) is 24.1 Å². The van der Waals surface area contributed by atoms with E-state index in [1.54, 1.807) is 12.0 Å². The Bertz CT molecular complexity index is 997. The molecule has 0 aromatic heterocycles. The minimum Gasteiger partial charge on any atom is -0.493 e. The molecule has 1 aliphatic heterocycles. The minimum absolute atomic E-state index is 0.0214. The predicted octanol–water partition coefficient (Wildman–Crippen LogP) is 6.44. The van der Waals surface area contributed by atoms with Gasteiger partial charge in [0.25, 0.3) is 5.91 Å². The Morgan fingerprint density at radius 2 is 1.91 bits per heavy atom. The molecule has 3 rings (SSSR count). The second-order valence-electron chi connectivity index (χ2n) is 8.23. The van der Waals surface area contributed by atoms with E-state index in [4.69, 9.17) is 14.5 Å². The average Bonchev–Trinajstić information content (AvgIpc) is 3.06. The number of para-hydroxylation sites is 1. The van der Waals surface area contributed by atoms with E-state index in [1.165, 1.54) is 17.3 Å². The van der Waals surface area contributed by atoms with Gasteiger partial charge in [-0.2, -0.15) is 0 Å². The lowest BCUT2D eigenvalue weighted by Gasteiger charge is -2.15. The normalized spacial score (nSPS) is 16.4. The quantitative estimate of drug-likeness (QED) is 0.411. The van der Waals surface area contributed by atoms with Crippen molar-refractivity contribution >= 4 is 34.6 Å². The minimum atomic E-state index is -0.0214. The first-order valence-electron chi connectivity index (χ1n) is 11.1. The molecule has 0 bridgehead atoms. The van der Waals surface area contributed by atoms with E-state index in [0.29, 0.717) is 40.6 Å². The van der Waals surface area contributed by atoms with Crippen LogP contribution >= 0.6 is 11.8 Å². The monoisotopic (exact) mass is 452 g/mol. The summed E-state index contributed by atoms with van der Waals surface area (Å²) in [6, 6.07) is 13.8. The molecule has 0 spiro atoms. The highest BCUT2D eigenvalue weighted by Gasteiger charge is 2.33. The Labute approximate surface area is 195 Å². The number of thioether (sulfide) groups is 1. The molecule has 1 heterocycles. The number of nitrogens with zero attached hydrogens (tertiary/aromatic N) is 2. The second-order valence-corrected chi connectivity index (χ2v) is 9.24. The lowest BCUT2D eigenvalue weighted by molar-refractivity contribution is -0.122. The number of hydrogen-bond donors (Lipinski definition) is 0. The van der Waals surface area contributed by atoms with Crippen molar-refractivity contribution in [1.29, 1.82) is 0 Å². The van der Waals surface area contributed by atoms with E-state index >= 15 is 0 Å². The lowest BCUT2D eigenvalue weighted by Crippen LogP contribution is -2.30. The number of carbonyl (C=O) groups is 1. The van der Waals surface area contributed by atoms with E-state index in [2.05, 4.69) is 20.8 Å². The van der Waals surface area contributed by atoms with Crippen LogP contribution in [0.5, 0.6) is 11.5 Å². The van der Waals surface area contributed by atoms with Crippen molar-refractivity contribution in [2.24, 2.45) is 10.9 Å². The molecule has 1 saturated heterocycles. The molecule has 0 aliphatic carbocycles. The van der Waals surface area contributed by atoms with Crippen LogP contribution < -0.4 is 9.47 Å². The van der Waals surface area contributed by atoms with Crippen molar-refractivity contribution in [3.63, 3.8) is 0 Å². The van der Waals surface area contributed by atoms with Crippen molar-refractivity contribution < 1.29 is 14.3 Å². The van der Waals surface area contributed by atoms with Gasteiger partial charge in [-0.25, -0.2) is 4.99 Å². The Balaban J connectivity index is 1.97. The number of carbonyl (C=O) groups excluding carboxylic acids is 1. The summed E-state index contributed by atoms with van der Waals surface area (Å²) in [7, 11) is 1.63. The van der Waals surface area contributed by atoms with Gasteiger partial charge in [-0.15, -0.1) is 0 Å². The van der Waals surface area contributed by atoms with E-state index in [-0.39, 0.29) is 5.91 Å². The summed E-state index contributed by atoms with van der Waals surface area (Å²) in [5.41, 5.74) is 2.85. The van der Waals surface area contributed by atoms with Crippen LogP contribution in [0, 0.1) is 12.8 Å². The van der Waals surface area contributed by atoms with Gasteiger partial charge >= 0.3 is 0 Å². The fourth-order valence-electron chi connectivity index (χ4n) is 3.19. The number of amidine groups is 1. The largest absolute Gasteiger partial charge is 0.493 e. The molecule has 1 fully saturated rings. The van der Waals surface area contributed by atoms with Crippen LogP contribution in [0.4, 0.5) is 5.69 Å². The van der Waals surface area contributed by atoms with Crippen molar-refractivity contribution in [3.05, 3.63) is 58.5 Å². The van der Waals surface area contributed by atoms with Gasteiger partial charge < -0.3 is 9.47 Å². The van der Waals surface area contributed by atoms with Gasteiger partial charge in [-0.3, -0.25) is 9.69 Å². The number of aryl methyl sites for hydroxylation is 1. The average molecular weight is 453 g/mol. The third-order valence-electron chi connectivity index (χ3n) is 4.96. The summed E-state index contributed by atoms with van der Waals surface area (Å²) >= 11 is 1.41. The lowest BCUT2D eigenvalue weighted by atomic mass is 10.1. The Hall–Kier alpha value is -2.73. The van der Waals surface area contributed by atoms with Gasteiger partial charge in [0.2, 0.25) is 0 Å². The Morgan fingerprint density at radius 1 is 1.16 bits per heavy atom. The number of rotatable bonds is 9. The molecule has 1 aliphatic rings. The molecule has 6 heteroatoms. The number of ether oxygens (including phenoxy) is 2. The third-order valence-corrected chi connectivity index (χ3v) is 5.97. The maximum Gasteiger partial charge on any atom is 0.266 e. The van der Waals surface area contributed by atoms with Crippen molar-refractivity contribution in [3.8, 4) is 11.5 Å². The van der Waals surface area contributed by atoms with Crippen LogP contribution in [-0.4, -0.2) is 36.2 Å².